The van der Waals surface area contributed by atoms with Gasteiger partial charge in [0.15, 0.2) is 5.78 Å². The molecule has 0 atom stereocenters. The van der Waals surface area contributed by atoms with Gasteiger partial charge in [0.05, 0.1) is 24.1 Å². The molecule has 1 aromatic heterocycles. The fourth-order valence-corrected chi connectivity index (χ4v) is 3.05. The topological polar surface area (TPSA) is 35.5 Å². The lowest BCUT2D eigenvalue weighted by Gasteiger charge is -2.07. The van der Waals surface area contributed by atoms with Gasteiger partial charge in [-0.2, -0.15) is 0 Å². The first kappa shape index (κ1) is 14.2. The van der Waals surface area contributed by atoms with E-state index in [2.05, 4.69) is 0 Å². The summed E-state index contributed by atoms with van der Waals surface area (Å²) in [5.41, 5.74) is 0.819. The van der Waals surface area contributed by atoms with Crippen LogP contribution < -0.4 is 9.47 Å². The van der Waals surface area contributed by atoms with Crippen LogP contribution in [0.4, 0.5) is 0 Å². The maximum Gasteiger partial charge on any atom is 0.195 e. The molecule has 0 aliphatic heterocycles. The third kappa shape index (κ3) is 3.03. The van der Waals surface area contributed by atoms with Gasteiger partial charge in [0.2, 0.25) is 0 Å². The summed E-state index contributed by atoms with van der Waals surface area (Å²) in [5.74, 6) is 0.866. The first-order valence-electron chi connectivity index (χ1n) is 5.27. The number of methoxy groups -OCH3 is 2. The Morgan fingerprint density at radius 2 is 1.63 bits per heavy atom. The number of halogens is 2. The van der Waals surface area contributed by atoms with Gasteiger partial charge >= 0.3 is 0 Å². The van der Waals surface area contributed by atoms with Crippen LogP contribution in [0.15, 0.2) is 24.3 Å². The molecular weight excluding hydrogens is 307 g/mol. The lowest BCUT2D eigenvalue weighted by atomic mass is 10.1. The van der Waals surface area contributed by atoms with Gasteiger partial charge in [-0.15, -0.1) is 11.3 Å². The molecule has 0 saturated carbocycles. The largest absolute Gasteiger partial charge is 0.497 e. The third-order valence-corrected chi connectivity index (χ3v) is 4.00. The van der Waals surface area contributed by atoms with E-state index in [1.807, 2.05) is 0 Å². The van der Waals surface area contributed by atoms with Gasteiger partial charge in [-0.25, -0.2) is 0 Å². The second kappa shape index (κ2) is 5.82. The lowest BCUT2D eigenvalue weighted by molar-refractivity contribution is 0.103. The molecular formula is C13H10Cl2O3S. The molecule has 0 saturated heterocycles. The van der Waals surface area contributed by atoms with E-state index >= 15 is 0 Å². The zero-order valence-electron chi connectivity index (χ0n) is 10.2. The van der Waals surface area contributed by atoms with E-state index in [1.165, 1.54) is 14.2 Å². The number of hydrogen-bond donors (Lipinski definition) is 0. The lowest BCUT2D eigenvalue weighted by Crippen LogP contribution is -2.01. The van der Waals surface area contributed by atoms with Gasteiger partial charge in [0.1, 0.15) is 15.8 Å². The monoisotopic (exact) mass is 316 g/mol. The van der Waals surface area contributed by atoms with E-state index in [0.29, 0.717) is 31.3 Å². The van der Waals surface area contributed by atoms with Crippen LogP contribution in [0.2, 0.25) is 8.67 Å². The molecule has 2 rings (SSSR count). The first-order valence-corrected chi connectivity index (χ1v) is 6.85. The molecule has 0 spiro atoms. The molecule has 0 bridgehead atoms. The zero-order chi connectivity index (χ0) is 14.0. The Hall–Kier alpha value is -1.23. The number of ketones is 1. The maximum absolute atomic E-state index is 12.4. The van der Waals surface area contributed by atoms with Crippen molar-refractivity contribution in [3.63, 3.8) is 0 Å². The van der Waals surface area contributed by atoms with E-state index < -0.39 is 0 Å². The number of rotatable bonds is 4. The van der Waals surface area contributed by atoms with Crippen molar-refractivity contribution < 1.29 is 14.3 Å². The number of ether oxygens (including phenoxy) is 2. The van der Waals surface area contributed by atoms with Crippen LogP contribution in [0.5, 0.6) is 11.5 Å². The number of hydrogen-bond acceptors (Lipinski definition) is 4. The molecule has 3 nitrogen and oxygen atoms in total. The van der Waals surface area contributed by atoms with Gasteiger partial charge in [0.25, 0.3) is 0 Å². The van der Waals surface area contributed by atoms with Crippen molar-refractivity contribution in [3.8, 4) is 11.5 Å². The highest BCUT2D eigenvalue weighted by Crippen LogP contribution is 2.33. The molecule has 0 radical (unpaired) electrons. The van der Waals surface area contributed by atoms with Crippen molar-refractivity contribution in [1.29, 1.82) is 0 Å². The molecule has 6 heteroatoms. The zero-order valence-corrected chi connectivity index (χ0v) is 12.5. The van der Waals surface area contributed by atoms with Crippen molar-refractivity contribution in [2.75, 3.05) is 14.2 Å². The Morgan fingerprint density at radius 1 is 1.05 bits per heavy atom. The summed E-state index contributed by atoms with van der Waals surface area (Å²) in [5, 5.41) is 0. The number of carbonyl (C=O) groups excluding carboxylic acids is 1. The highest BCUT2D eigenvalue weighted by atomic mass is 35.5. The molecule has 0 aliphatic carbocycles. The Morgan fingerprint density at radius 3 is 2.05 bits per heavy atom. The summed E-state index contributed by atoms with van der Waals surface area (Å²) in [6.45, 7) is 0. The summed E-state index contributed by atoms with van der Waals surface area (Å²) in [6.07, 6.45) is 0. The smallest absolute Gasteiger partial charge is 0.195 e. The number of carbonyl (C=O) groups is 1. The summed E-state index contributed by atoms with van der Waals surface area (Å²) in [4.78, 5) is 12.4. The molecule has 19 heavy (non-hydrogen) atoms. The standard InChI is InChI=1S/C13H10Cl2O3S/c1-17-8-3-7(4-9(5-8)18-2)12(16)10-6-11(14)19-13(10)15/h3-6H,1-2H3. The van der Waals surface area contributed by atoms with E-state index in [9.17, 15) is 4.79 Å². The molecule has 0 amide bonds. The molecule has 100 valence electrons. The van der Waals surface area contributed by atoms with Crippen molar-refractivity contribution in [1.82, 2.24) is 0 Å². The second-order valence-electron chi connectivity index (χ2n) is 3.67. The van der Waals surface area contributed by atoms with Crippen molar-refractivity contribution in [2.45, 2.75) is 0 Å². The van der Waals surface area contributed by atoms with Crippen LogP contribution in [-0.2, 0) is 0 Å². The van der Waals surface area contributed by atoms with E-state index in [1.54, 1.807) is 24.3 Å². The van der Waals surface area contributed by atoms with E-state index in [-0.39, 0.29) is 5.78 Å². The average molecular weight is 317 g/mol. The maximum atomic E-state index is 12.4. The molecule has 0 aliphatic rings. The minimum Gasteiger partial charge on any atom is -0.497 e. The third-order valence-electron chi connectivity index (χ3n) is 2.51. The summed E-state index contributed by atoms with van der Waals surface area (Å²) < 4.78 is 11.1. The summed E-state index contributed by atoms with van der Waals surface area (Å²) in [7, 11) is 3.05. The predicted molar refractivity (Wildman–Crippen MR) is 77.3 cm³/mol. The highest BCUT2D eigenvalue weighted by Gasteiger charge is 2.17. The molecule has 0 unspecified atom stereocenters. The van der Waals surface area contributed by atoms with Gasteiger partial charge in [0, 0.05) is 11.6 Å². The predicted octanol–water partition coefficient (Wildman–Crippen LogP) is 4.30. The Balaban J connectivity index is 2.46. The van der Waals surface area contributed by atoms with E-state index in [4.69, 9.17) is 32.7 Å². The molecule has 1 heterocycles. The Kier molecular flexibility index (Phi) is 4.34. The van der Waals surface area contributed by atoms with Gasteiger partial charge in [-0.3, -0.25) is 4.79 Å². The first-order chi connectivity index (χ1) is 9.05. The fraction of sp³-hybridized carbons (Fsp3) is 0.154. The van der Waals surface area contributed by atoms with Crippen LogP contribution in [0.25, 0.3) is 0 Å². The van der Waals surface area contributed by atoms with Gasteiger partial charge in [-0.1, -0.05) is 23.2 Å². The van der Waals surface area contributed by atoms with Gasteiger partial charge < -0.3 is 9.47 Å². The summed E-state index contributed by atoms with van der Waals surface area (Å²) >= 11 is 13.0. The van der Waals surface area contributed by atoms with Crippen LogP contribution in [0.1, 0.15) is 15.9 Å². The average Bonchev–Trinajstić information content (AvgIpc) is 2.76. The van der Waals surface area contributed by atoms with Crippen LogP contribution in [-0.4, -0.2) is 20.0 Å². The van der Waals surface area contributed by atoms with Crippen molar-refractivity contribution in [2.24, 2.45) is 0 Å². The second-order valence-corrected chi connectivity index (χ2v) is 5.95. The van der Waals surface area contributed by atoms with Crippen LogP contribution in [0, 0.1) is 0 Å². The molecule has 1 aromatic carbocycles. The van der Waals surface area contributed by atoms with Crippen molar-refractivity contribution >= 4 is 40.3 Å². The normalized spacial score (nSPS) is 10.3. The highest BCUT2D eigenvalue weighted by molar-refractivity contribution is 7.20. The van der Waals surface area contributed by atoms with E-state index in [0.717, 1.165) is 11.3 Å². The molecule has 2 aromatic rings. The minimum absolute atomic E-state index is 0.217. The fourth-order valence-electron chi connectivity index (χ4n) is 1.59. The number of benzene rings is 1. The van der Waals surface area contributed by atoms with Gasteiger partial charge in [-0.05, 0) is 18.2 Å². The van der Waals surface area contributed by atoms with Crippen molar-refractivity contribution in [3.05, 3.63) is 44.1 Å². The summed E-state index contributed by atoms with van der Waals surface area (Å²) in [6, 6.07) is 6.52. The minimum atomic E-state index is -0.217. The molecule has 0 fully saturated rings. The van der Waals surface area contributed by atoms with Crippen LogP contribution in [0.3, 0.4) is 0 Å². The Bertz CT molecular complexity index is 600. The quantitative estimate of drug-likeness (QED) is 0.789. The van der Waals surface area contributed by atoms with Crippen LogP contribution >= 0.6 is 34.5 Å². The molecule has 0 N–H and O–H groups in total. The SMILES string of the molecule is COc1cc(OC)cc(C(=O)c2cc(Cl)sc2Cl)c1. The Labute approximate surface area is 124 Å². The number of thiophene rings is 1.